The Kier molecular flexibility index (Phi) is 3.88. The van der Waals surface area contributed by atoms with Gasteiger partial charge in [0.05, 0.1) is 5.97 Å². The van der Waals surface area contributed by atoms with Gasteiger partial charge in [0.1, 0.15) is 5.75 Å². The summed E-state index contributed by atoms with van der Waals surface area (Å²) in [6.45, 7) is 0. The van der Waals surface area contributed by atoms with Gasteiger partial charge in [0, 0.05) is 17.2 Å². The van der Waals surface area contributed by atoms with Gasteiger partial charge in [0.15, 0.2) is 0 Å². The molecule has 1 aromatic carbocycles. The Morgan fingerprint density at radius 3 is 2.41 bits per heavy atom. The van der Waals surface area contributed by atoms with Crippen molar-refractivity contribution in [1.82, 2.24) is 0 Å². The molecule has 1 aliphatic heterocycles. The molecule has 0 aliphatic carbocycles. The highest BCUT2D eigenvalue weighted by Crippen LogP contribution is 2.31. The van der Waals surface area contributed by atoms with Crippen molar-refractivity contribution < 1.29 is 40.4 Å². The first-order chi connectivity index (χ1) is 10.1. The van der Waals surface area contributed by atoms with Gasteiger partial charge in [-0.2, -0.15) is 21.6 Å². The highest BCUT2D eigenvalue weighted by atomic mass is 32.2. The largest absolute Gasteiger partial charge is 0.545 e. The predicted molar refractivity (Wildman–Crippen MR) is 64.2 cm³/mol. The Morgan fingerprint density at radius 1 is 1.18 bits per heavy atom. The Morgan fingerprint density at radius 2 is 1.82 bits per heavy atom. The Labute approximate surface area is 122 Å². The Bertz CT molecular complexity index is 776. The molecule has 10 heteroatoms. The molecule has 0 fully saturated rings. The molecule has 0 bridgehead atoms. The number of hydrogen-bond acceptors (Lipinski definition) is 6. The zero-order valence-electron chi connectivity index (χ0n) is 10.5. The number of rotatable bonds is 3. The first-order valence-electron chi connectivity index (χ1n) is 5.52. The summed E-state index contributed by atoms with van der Waals surface area (Å²) in [6.07, 6.45) is 1.53. The van der Waals surface area contributed by atoms with E-state index in [-0.39, 0.29) is 11.3 Å². The number of carboxylic acids is 1. The fourth-order valence-corrected chi connectivity index (χ4v) is 1.87. The average Bonchev–Trinajstić information content (AvgIpc) is 2.55. The molecule has 0 saturated carbocycles. The second-order valence-electron chi connectivity index (χ2n) is 3.97. The zero-order chi connectivity index (χ0) is 16.5. The summed E-state index contributed by atoms with van der Waals surface area (Å²) < 4.78 is 67.5. The van der Waals surface area contributed by atoms with E-state index in [1.807, 2.05) is 0 Å². The first-order valence-corrected chi connectivity index (χ1v) is 6.93. The van der Waals surface area contributed by atoms with E-state index in [1.54, 1.807) is 0 Å². The van der Waals surface area contributed by atoms with Crippen molar-refractivity contribution in [2.45, 2.75) is 5.51 Å². The summed E-state index contributed by atoms with van der Waals surface area (Å²) in [5.41, 5.74) is -6.10. The molecule has 0 atom stereocenters. The molecule has 6 nitrogen and oxygen atoms in total. The van der Waals surface area contributed by atoms with Gasteiger partial charge in [-0.3, -0.25) is 0 Å². The highest BCUT2D eigenvalue weighted by molar-refractivity contribution is 7.87. The molecular weight excluding hydrogens is 329 g/mol. The molecule has 1 aromatic rings. The van der Waals surface area contributed by atoms with Crippen LogP contribution in [0.3, 0.4) is 0 Å². The fraction of sp³-hybridized carbons (Fsp3) is 0.0833. The number of benzene rings is 1. The lowest BCUT2D eigenvalue weighted by Crippen LogP contribution is -2.27. The molecule has 0 amide bonds. The summed E-state index contributed by atoms with van der Waals surface area (Å²) in [4.78, 5) is 10.9. The molecule has 0 N–H and O–H groups in total. The van der Waals surface area contributed by atoms with Crippen LogP contribution >= 0.6 is 0 Å². The van der Waals surface area contributed by atoms with Crippen LogP contribution in [0.25, 0.3) is 6.08 Å². The third kappa shape index (κ3) is 3.22. The lowest BCUT2D eigenvalue weighted by Gasteiger charge is -2.13. The third-order valence-electron chi connectivity index (χ3n) is 2.42. The van der Waals surface area contributed by atoms with Gasteiger partial charge in [-0.25, -0.2) is 0 Å². The Balaban J connectivity index is 2.46. The number of alkyl halides is 3. The number of hydrogen-bond donors (Lipinski definition) is 0. The van der Waals surface area contributed by atoms with Crippen LogP contribution in [-0.2, 0) is 19.1 Å². The molecule has 0 saturated heterocycles. The average molecular weight is 335 g/mol. The van der Waals surface area contributed by atoms with Gasteiger partial charge in [-0.15, -0.1) is 0 Å². The predicted octanol–water partition coefficient (Wildman–Crippen LogP) is 0.920. The van der Waals surface area contributed by atoms with Crippen LogP contribution in [0.15, 0.2) is 41.9 Å². The van der Waals surface area contributed by atoms with E-state index in [2.05, 4.69) is 4.18 Å². The monoisotopic (exact) mass is 335 g/mol. The summed E-state index contributed by atoms with van der Waals surface area (Å²) in [5.74, 6) is -2.98. The molecule has 1 aliphatic rings. The molecule has 0 aromatic heterocycles. The third-order valence-corrected chi connectivity index (χ3v) is 3.38. The van der Waals surface area contributed by atoms with E-state index >= 15 is 0 Å². The number of fused-ring (bicyclic) bond motifs is 1. The van der Waals surface area contributed by atoms with Crippen molar-refractivity contribution in [2.24, 2.45) is 0 Å². The van der Waals surface area contributed by atoms with E-state index < -0.39 is 33.1 Å². The SMILES string of the molecule is O=C([O-])C1=Cc2ccccc2OC(OS(=O)(=O)C(F)(F)F)=C1. The Hall–Kier alpha value is -2.49. The zero-order valence-corrected chi connectivity index (χ0v) is 11.3. The summed E-state index contributed by atoms with van der Waals surface area (Å²) in [5, 5.41) is 10.9. The van der Waals surface area contributed by atoms with Crippen molar-refractivity contribution in [3.63, 3.8) is 0 Å². The minimum atomic E-state index is -6.00. The normalized spacial score (nSPS) is 14.9. The van der Waals surface area contributed by atoms with Gasteiger partial charge < -0.3 is 18.8 Å². The number of carbonyl (C=O) groups is 1. The maximum atomic E-state index is 12.3. The van der Waals surface area contributed by atoms with Crippen LogP contribution in [0.5, 0.6) is 5.75 Å². The summed E-state index contributed by atoms with van der Waals surface area (Å²) in [6, 6.07) is 5.67. The van der Waals surface area contributed by atoms with Crippen LogP contribution in [0.4, 0.5) is 13.2 Å². The first kappa shape index (κ1) is 15.9. The van der Waals surface area contributed by atoms with Crippen LogP contribution in [0.1, 0.15) is 5.56 Å². The number of aliphatic carboxylic acids is 1. The number of ether oxygens (including phenoxy) is 1. The van der Waals surface area contributed by atoms with E-state index in [9.17, 15) is 31.5 Å². The second-order valence-corrected chi connectivity index (χ2v) is 5.51. The van der Waals surface area contributed by atoms with E-state index in [4.69, 9.17) is 4.74 Å². The van der Waals surface area contributed by atoms with Crippen molar-refractivity contribution in [2.75, 3.05) is 0 Å². The molecule has 22 heavy (non-hydrogen) atoms. The molecule has 118 valence electrons. The molecular formula is C12H6F3O6S-. The number of carbonyl (C=O) groups excluding carboxylic acids is 1. The van der Waals surface area contributed by atoms with Crippen LogP contribution in [-0.4, -0.2) is 19.9 Å². The van der Waals surface area contributed by atoms with Gasteiger partial charge in [-0.05, 0) is 12.1 Å². The lowest BCUT2D eigenvalue weighted by atomic mass is 10.1. The van der Waals surface area contributed by atoms with Gasteiger partial charge in [0.2, 0.25) is 0 Å². The molecule has 1 heterocycles. The maximum Gasteiger partial charge on any atom is 0.534 e. The highest BCUT2D eigenvalue weighted by Gasteiger charge is 2.49. The van der Waals surface area contributed by atoms with E-state index in [0.717, 1.165) is 6.08 Å². The van der Waals surface area contributed by atoms with Crippen LogP contribution in [0.2, 0.25) is 0 Å². The summed E-state index contributed by atoms with van der Waals surface area (Å²) in [7, 11) is -6.00. The van der Waals surface area contributed by atoms with Crippen LogP contribution in [0, 0.1) is 0 Å². The van der Waals surface area contributed by atoms with Crippen molar-refractivity contribution in [3.8, 4) is 5.75 Å². The van der Waals surface area contributed by atoms with Crippen molar-refractivity contribution in [3.05, 3.63) is 47.4 Å². The maximum absolute atomic E-state index is 12.3. The smallest absolute Gasteiger partial charge is 0.534 e. The van der Waals surface area contributed by atoms with E-state index in [1.165, 1.54) is 24.3 Å². The van der Waals surface area contributed by atoms with Crippen molar-refractivity contribution in [1.29, 1.82) is 0 Å². The molecule has 0 spiro atoms. The second kappa shape index (κ2) is 5.37. The van der Waals surface area contributed by atoms with Gasteiger partial charge >= 0.3 is 21.6 Å². The van der Waals surface area contributed by atoms with Crippen LogP contribution < -0.4 is 9.84 Å². The number of halogens is 3. The minimum absolute atomic E-state index is 0.0811. The lowest BCUT2D eigenvalue weighted by molar-refractivity contribution is -0.298. The number of para-hydroxylation sites is 1. The fourth-order valence-electron chi connectivity index (χ4n) is 1.48. The van der Waals surface area contributed by atoms with Gasteiger partial charge in [0.25, 0.3) is 0 Å². The van der Waals surface area contributed by atoms with E-state index in [0.29, 0.717) is 6.08 Å². The minimum Gasteiger partial charge on any atom is -0.545 e. The molecule has 2 rings (SSSR count). The van der Waals surface area contributed by atoms with Crippen molar-refractivity contribution >= 4 is 22.2 Å². The summed E-state index contributed by atoms with van der Waals surface area (Å²) >= 11 is 0. The molecule has 0 unspecified atom stereocenters. The topological polar surface area (TPSA) is 92.7 Å². The molecule has 0 radical (unpaired) electrons. The van der Waals surface area contributed by atoms with Gasteiger partial charge in [-0.1, -0.05) is 18.2 Å². The number of carboxylic acid groups (broad SMARTS) is 1. The standard InChI is InChI=1S/C12H7F3O6S/c13-12(14,15)22(18,19)21-10-6-8(11(16)17)5-7-3-1-2-4-9(7)20-10/h1-6H,(H,16,17)/p-1. The quantitative estimate of drug-likeness (QED) is 0.602.